The molecular formula is C24H23ClN4O2S. The molecular weight excluding hydrogens is 444 g/mol. The number of hydrogen-bond acceptors (Lipinski definition) is 4. The van der Waals surface area contributed by atoms with Gasteiger partial charge in [-0.05, 0) is 74.4 Å². The number of halogens is 1. The van der Waals surface area contributed by atoms with E-state index in [1.165, 1.54) is 0 Å². The molecule has 1 aliphatic rings. The number of pyridine rings is 1. The molecule has 2 heterocycles. The summed E-state index contributed by atoms with van der Waals surface area (Å²) in [6, 6.07) is 14.0. The van der Waals surface area contributed by atoms with E-state index in [0.717, 1.165) is 33.3 Å². The zero-order valence-electron chi connectivity index (χ0n) is 18.0. The molecule has 8 heteroatoms. The van der Waals surface area contributed by atoms with Crippen LogP contribution in [0.3, 0.4) is 0 Å². The monoisotopic (exact) mass is 466 g/mol. The van der Waals surface area contributed by atoms with Gasteiger partial charge in [0.1, 0.15) is 5.03 Å². The van der Waals surface area contributed by atoms with Crippen LogP contribution in [0.1, 0.15) is 27.2 Å². The van der Waals surface area contributed by atoms with Crippen molar-refractivity contribution in [2.45, 2.75) is 25.8 Å². The quantitative estimate of drug-likeness (QED) is 0.492. The molecule has 2 N–H and O–H groups in total. The third-order valence-electron chi connectivity index (χ3n) is 5.26. The summed E-state index contributed by atoms with van der Waals surface area (Å²) in [6.07, 6.45) is 0. The van der Waals surface area contributed by atoms with Crippen LogP contribution in [0.5, 0.6) is 0 Å². The fraction of sp³-hybridized carbons (Fsp3) is 0.208. The minimum atomic E-state index is -0.243. The van der Waals surface area contributed by atoms with Crippen LogP contribution in [0.4, 0.5) is 21.9 Å². The van der Waals surface area contributed by atoms with Crippen LogP contribution in [0.15, 0.2) is 53.6 Å². The van der Waals surface area contributed by atoms with Crippen LogP contribution in [-0.4, -0.2) is 29.2 Å². The number of thioether (sulfide) groups is 1. The normalized spacial score (nSPS) is 12.8. The SMILES string of the molecule is Cc1cc(C)c2c(n1)SCCN2C(=O)Nc1ccc(C(=O)Nc2cccc(Cl)c2C)cc1. The molecule has 3 aromatic rings. The van der Waals surface area contributed by atoms with Crippen molar-refractivity contribution in [1.82, 2.24) is 4.98 Å². The highest BCUT2D eigenvalue weighted by Gasteiger charge is 2.26. The van der Waals surface area contributed by atoms with E-state index in [4.69, 9.17) is 11.6 Å². The van der Waals surface area contributed by atoms with Gasteiger partial charge in [0.05, 0.1) is 5.69 Å². The van der Waals surface area contributed by atoms with Crippen molar-refractivity contribution >= 4 is 52.4 Å². The molecule has 3 amide bonds. The molecule has 0 spiro atoms. The maximum atomic E-state index is 13.0. The van der Waals surface area contributed by atoms with Gasteiger partial charge in [0.2, 0.25) is 0 Å². The summed E-state index contributed by atoms with van der Waals surface area (Å²) in [7, 11) is 0. The van der Waals surface area contributed by atoms with Crippen molar-refractivity contribution in [1.29, 1.82) is 0 Å². The molecule has 0 aliphatic carbocycles. The Hall–Kier alpha value is -3.03. The number of aryl methyl sites for hydroxylation is 2. The van der Waals surface area contributed by atoms with Crippen molar-refractivity contribution < 1.29 is 9.59 Å². The first kappa shape index (κ1) is 22.2. The Morgan fingerprint density at radius 2 is 1.81 bits per heavy atom. The lowest BCUT2D eigenvalue weighted by molar-refractivity contribution is 0.102. The first-order valence-corrected chi connectivity index (χ1v) is 11.6. The van der Waals surface area contributed by atoms with Crippen molar-refractivity contribution in [3.8, 4) is 0 Å². The van der Waals surface area contributed by atoms with Crippen LogP contribution >= 0.6 is 23.4 Å². The number of urea groups is 1. The number of benzene rings is 2. The Balaban J connectivity index is 1.46. The predicted molar refractivity (Wildman–Crippen MR) is 131 cm³/mol. The van der Waals surface area contributed by atoms with E-state index in [-0.39, 0.29) is 11.9 Å². The first-order chi connectivity index (χ1) is 15.3. The summed E-state index contributed by atoms with van der Waals surface area (Å²) in [5.41, 5.74) is 5.40. The van der Waals surface area contributed by atoms with Crippen molar-refractivity contribution in [3.05, 3.63) is 75.9 Å². The van der Waals surface area contributed by atoms with E-state index in [2.05, 4.69) is 15.6 Å². The Morgan fingerprint density at radius 1 is 1.06 bits per heavy atom. The van der Waals surface area contributed by atoms with E-state index in [1.54, 1.807) is 59.1 Å². The molecule has 4 rings (SSSR count). The molecule has 0 saturated carbocycles. The van der Waals surface area contributed by atoms with Crippen LogP contribution in [0, 0.1) is 20.8 Å². The number of carbonyl (C=O) groups is 2. The number of nitrogens with zero attached hydrogens (tertiary/aromatic N) is 2. The Labute approximate surface area is 196 Å². The average Bonchev–Trinajstić information content (AvgIpc) is 2.76. The summed E-state index contributed by atoms with van der Waals surface area (Å²) < 4.78 is 0. The van der Waals surface area contributed by atoms with Gasteiger partial charge in [0.15, 0.2) is 0 Å². The molecule has 0 atom stereocenters. The van der Waals surface area contributed by atoms with Crippen molar-refractivity contribution in [2.24, 2.45) is 0 Å². The van der Waals surface area contributed by atoms with Crippen molar-refractivity contribution in [2.75, 3.05) is 27.8 Å². The second-order valence-electron chi connectivity index (χ2n) is 7.61. The van der Waals surface area contributed by atoms with Gasteiger partial charge in [0, 0.05) is 40.0 Å². The highest BCUT2D eigenvalue weighted by atomic mass is 35.5. The molecule has 0 fully saturated rings. The summed E-state index contributed by atoms with van der Waals surface area (Å²) in [4.78, 5) is 31.9. The number of carbonyl (C=O) groups excluding carboxylic acids is 2. The maximum absolute atomic E-state index is 13.0. The highest BCUT2D eigenvalue weighted by Crippen LogP contribution is 2.36. The van der Waals surface area contributed by atoms with Gasteiger partial charge in [-0.3, -0.25) is 9.69 Å². The summed E-state index contributed by atoms with van der Waals surface area (Å²) in [5, 5.41) is 7.28. The lowest BCUT2D eigenvalue weighted by atomic mass is 10.1. The fourth-order valence-electron chi connectivity index (χ4n) is 3.61. The molecule has 6 nitrogen and oxygen atoms in total. The van der Waals surface area contributed by atoms with E-state index < -0.39 is 0 Å². The van der Waals surface area contributed by atoms with Gasteiger partial charge in [-0.2, -0.15) is 0 Å². The topological polar surface area (TPSA) is 74.3 Å². The van der Waals surface area contributed by atoms with Gasteiger partial charge >= 0.3 is 6.03 Å². The standard InChI is InChI=1S/C24H23ClN4O2S/c1-14-13-15(2)26-23-21(14)29(11-12-32-23)24(31)27-18-9-7-17(8-10-18)22(30)28-20-6-4-5-19(25)16(20)3/h4-10,13H,11-12H2,1-3H3,(H,27,31)(H,28,30). The summed E-state index contributed by atoms with van der Waals surface area (Å²) in [5.74, 6) is 0.547. The largest absolute Gasteiger partial charge is 0.326 e. The average molecular weight is 467 g/mol. The minimum Gasteiger partial charge on any atom is -0.322 e. The smallest absolute Gasteiger partial charge is 0.322 e. The zero-order chi connectivity index (χ0) is 22.8. The van der Waals surface area contributed by atoms with Crippen LogP contribution in [-0.2, 0) is 0 Å². The molecule has 0 saturated heterocycles. The third kappa shape index (κ3) is 4.59. The van der Waals surface area contributed by atoms with Gasteiger partial charge in [-0.25, -0.2) is 9.78 Å². The van der Waals surface area contributed by atoms with E-state index in [0.29, 0.717) is 28.5 Å². The number of anilines is 3. The molecule has 0 bridgehead atoms. The first-order valence-electron chi connectivity index (χ1n) is 10.2. The number of nitrogens with one attached hydrogen (secondary N) is 2. The lowest BCUT2D eigenvalue weighted by Gasteiger charge is -2.30. The number of rotatable bonds is 3. The molecule has 0 radical (unpaired) electrons. The Kier molecular flexibility index (Phi) is 6.39. The second-order valence-corrected chi connectivity index (χ2v) is 9.10. The van der Waals surface area contributed by atoms with Crippen LogP contribution in [0.2, 0.25) is 5.02 Å². The number of amides is 3. The van der Waals surface area contributed by atoms with Crippen LogP contribution in [0.25, 0.3) is 0 Å². The summed E-state index contributed by atoms with van der Waals surface area (Å²) in [6.45, 7) is 6.41. The van der Waals surface area contributed by atoms with Gasteiger partial charge in [-0.15, -0.1) is 11.8 Å². The van der Waals surface area contributed by atoms with Crippen LogP contribution < -0.4 is 15.5 Å². The molecule has 2 aromatic carbocycles. The minimum absolute atomic E-state index is 0.216. The number of fused-ring (bicyclic) bond motifs is 1. The molecule has 1 aromatic heterocycles. The molecule has 0 unspecified atom stereocenters. The van der Waals surface area contributed by atoms with E-state index in [9.17, 15) is 9.59 Å². The molecule has 32 heavy (non-hydrogen) atoms. The summed E-state index contributed by atoms with van der Waals surface area (Å²) >= 11 is 7.79. The lowest BCUT2D eigenvalue weighted by Crippen LogP contribution is -2.39. The van der Waals surface area contributed by atoms with Gasteiger partial charge in [0.25, 0.3) is 5.91 Å². The Bertz CT molecular complexity index is 1200. The van der Waals surface area contributed by atoms with E-state index >= 15 is 0 Å². The van der Waals surface area contributed by atoms with Gasteiger partial charge < -0.3 is 10.6 Å². The third-order valence-corrected chi connectivity index (χ3v) is 6.62. The second kappa shape index (κ2) is 9.22. The molecule has 1 aliphatic heterocycles. The predicted octanol–water partition coefficient (Wildman–Crippen LogP) is 6.06. The van der Waals surface area contributed by atoms with Gasteiger partial charge in [-0.1, -0.05) is 17.7 Å². The number of hydrogen-bond donors (Lipinski definition) is 2. The Morgan fingerprint density at radius 3 is 2.56 bits per heavy atom. The zero-order valence-corrected chi connectivity index (χ0v) is 19.6. The fourth-order valence-corrected chi connectivity index (χ4v) is 4.86. The highest BCUT2D eigenvalue weighted by molar-refractivity contribution is 7.99. The van der Waals surface area contributed by atoms with E-state index in [1.807, 2.05) is 26.8 Å². The van der Waals surface area contributed by atoms with Crippen molar-refractivity contribution in [3.63, 3.8) is 0 Å². The molecule has 164 valence electrons. The number of aromatic nitrogens is 1. The maximum Gasteiger partial charge on any atom is 0.326 e.